The van der Waals surface area contributed by atoms with Gasteiger partial charge in [0, 0.05) is 37.1 Å². The van der Waals surface area contributed by atoms with Crippen LogP contribution in [0.2, 0.25) is 0 Å². The number of nitrogens with zero attached hydrogens (tertiary/aromatic N) is 5. The van der Waals surface area contributed by atoms with Crippen LogP contribution in [-0.2, 0) is 0 Å². The fourth-order valence-corrected chi connectivity index (χ4v) is 4.17. The molecule has 0 aromatic carbocycles. The van der Waals surface area contributed by atoms with Gasteiger partial charge in [0.25, 0.3) is 5.91 Å². The third kappa shape index (κ3) is 2.92. The van der Waals surface area contributed by atoms with Crippen molar-refractivity contribution in [2.24, 2.45) is 0 Å². The summed E-state index contributed by atoms with van der Waals surface area (Å²) in [4.78, 5) is 22.4. The van der Waals surface area contributed by atoms with E-state index in [2.05, 4.69) is 23.8 Å². The van der Waals surface area contributed by atoms with Crippen LogP contribution in [0.25, 0.3) is 11.0 Å². The maximum Gasteiger partial charge on any atom is 0.255 e. The summed E-state index contributed by atoms with van der Waals surface area (Å²) < 4.78 is 1.91. The molecule has 2 fully saturated rings. The summed E-state index contributed by atoms with van der Waals surface area (Å²) in [6.45, 7) is 9.96. The lowest BCUT2D eigenvalue weighted by Crippen LogP contribution is -2.56. The summed E-state index contributed by atoms with van der Waals surface area (Å²) in [5.41, 5.74) is 2.38. The molecule has 0 saturated carbocycles. The zero-order valence-electron chi connectivity index (χ0n) is 15.4. The Labute approximate surface area is 148 Å². The average molecular weight is 341 g/mol. The van der Waals surface area contributed by atoms with Crippen LogP contribution < -0.4 is 0 Å². The van der Waals surface area contributed by atoms with Gasteiger partial charge in [0.2, 0.25) is 0 Å². The topological polar surface area (TPSA) is 54.3 Å². The molecule has 1 amide bonds. The second-order valence-corrected chi connectivity index (χ2v) is 7.65. The molecule has 2 aliphatic heterocycles. The number of piperidine rings is 1. The molecular weight excluding hydrogens is 314 g/mol. The maximum absolute atomic E-state index is 13.1. The van der Waals surface area contributed by atoms with E-state index in [1.807, 2.05) is 28.8 Å². The number of aryl methyl sites for hydroxylation is 1. The number of hydrogen-bond donors (Lipinski definition) is 0. The molecule has 0 bridgehead atoms. The molecular formula is C19H27N5O. The van der Waals surface area contributed by atoms with E-state index < -0.39 is 0 Å². The van der Waals surface area contributed by atoms with Gasteiger partial charge in [-0.05, 0) is 46.2 Å². The fourth-order valence-electron chi connectivity index (χ4n) is 4.17. The van der Waals surface area contributed by atoms with Gasteiger partial charge in [-0.3, -0.25) is 9.69 Å². The van der Waals surface area contributed by atoms with Crippen LogP contribution >= 0.6 is 0 Å². The molecule has 134 valence electrons. The highest BCUT2D eigenvalue weighted by Gasteiger charge is 2.32. The fraction of sp³-hybridized carbons (Fsp3) is 0.632. The van der Waals surface area contributed by atoms with Gasteiger partial charge in [-0.2, -0.15) is 5.10 Å². The number of rotatable bonds is 2. The highest BCUT2D eigenvalue weighted by molar-refractivity contribution is 5.98. The molecule has 4 rings (SSSR count). The zero-order chi connectivity index (χ0) is 17.6. The minimum atomic E-state index is 0.120. The van der Waals surface area contributed by atoms with Gasteiger partial charge in [-0.1, -0.05) is 6.42 Å². The number of aromatic nitrogens is 3. The van der Waals surface area contributed by atoms with Gasteiger partial charge in [-0.15, -0.1) is 0 Å². The van der Waals surface area contributed by atoms with Crippen molar-refractivity contribution in [1.29, 1.82) is 0 Å². The highest BCUT2D eigenvalue weighted by atomic mass is 16.2. The molecule has 2 aliphatic rings. The van der Waals surface area contributed by atoms with Crippen molar-refractivity contribution in [3.63, 3.8) is 0 Å². The van der Waals surface area contributed by atoms with Crippen molar-refractivity contribution in [3.8, 4) is 0 Å². The van der Waals surface area contributed by atoms with Crippen LogP contribution in [0.4, 0.5) is 0 Å². The first-order valence-electron chi connectivity index (χ1n) is 9.43. The van der Waals surface area contributed by atoms with E-state index in [9.17, 15) is 4.79 Å². The Hall–Kier alpha value is -1.95. The first-order valence-corrected chi connectivity index (χ1v) is 9.43. The molecule has 1 atom stereocenters. The predicted molar refractivity (Wildman–Crippen MR) is 97.8 cm³/mol. The normalized spacial score (nSPS) is 21.8. The largest absolute Gasteiger partial charge is 0.336 e. The van der Waals surface area contributed by atoms with E-state index in [1.54, 1.807) is 0 Å². The first kappa shape index (κ1) is 16.5. The molecule has 0 spiro atoms. The summed E-state index contributed by atoms with van der Waals surface area (Å²) in [6.07, 6.45) is 5.60. The lowest BCUT2D eigenvalue weighted by molar-refractivity contribution is 0.0372. The number of amides is 1. The molecule has 2 aromatic rings. The number of hydrogen-bond acceptors (Lipinski definition) is 4. The van der Waals surface area contributed by atoms with Gasteiger partial charge < -0.3 is 4.90 Å². The van der Waals surface area contributed by atoms with Crippen LogP contribution in [0.5, 0.6) is 0 Å². The number of piperazine rings is 1. The molecule has 4 heterocycles. The summed E-state index contributed by atoms with van der Waals surface area (Å²) in [7, 11) is 0. The molecule has 0 N–H and O–H groups in total. The molecule has 25 heavy (non-hydrogen) atoms. The first-order chi connectivity index (χ1) is 12.0. The Morgan fingerprint density at radius 2 is 2.08 bits per heavy atom. The van der Waals surface area contributed by atoms with Crippen molar-refractivity contribution in [1.82, 2.24) is 24.6 Å². The summed E-state index contributed by atoms with van der Waals surface area (Å²) >= 11 is 0. The molecule has 6 heteroatoms. The van der Waals surface area contributed by atoms with Crippen LogP contribution in [0.15, 0.2) is 12.3 Å². The van der Waals surface area contributed by atoms with Crippen LogP contribution in [0.3, 0.4) is 0 Å². The Bertz CT molecular complexity index is 796. The van der Waals surface area contributed by atoms with E-state index in [0.717, 1.165) is 41.9 Å². The number of carbonyl (C=O) groups excluding carboxylic acids is 1. The molecule has 2 aromatic heterocycles. The van der Waals surface area contributed by atoms with E-state index in [-0.39, 0.29) is 11.9 Å². The third-order valence-electron chi connectivity index (χ3n) is 5.60. The maximum atomic E-state index is 13.1. The molecule has 6 nitrogen and oxygen atoms in total. The van der Waals surface area contributed by atoms with Gasteiger partial charge in [-0.25, -0.2) is 9.67 Å². The Balaban J connectivity index is 1.60. The van der Waals surface area contributed by atoms with Crippen LogP contribution in [0.1, 0.15) is 55.2 Å². The minimum absolute atomic E-state index is 0.120. The van der Waals surface area contributed by atoms with Gasteiger partial charge in [0.1, 0.15) is 0 Å². The standard InChI is InChI=1S/C19H27N5O/c1-13(2)24-18-15(11-20-24)10-17(14(3)21-18)19(25)23-9-8-22-7-5-4-6-16(22)12-23/h10-11,13,16H,4-9,12H2,1-3H3. The number of pyridine rings is 1. The number of carbonyl (C=O) groups is 1. The molecule has 1 unspecified atom stereocenters. The number of fused-ring (bicyclic) bond motifs is 2. The Morgan fingerprint density at radius 1 is 1.24 bits per heavy atom. The van der Waals surface area contributed by atoms with Crippen LogP contribution in [0, 0.1) is 6.92 Å². The van der Waals surface area contributed by atoms with Crippen molar-refractivity contribution >= 4 is 16.9 Å². The molecule has 0 radical (unpaired) electrons. The predicted octanol–water partition coefficient (Wildman–Crippen LogP) is 2.63. The van der Waals surface area contributed by atoms with E-state index >= 15 is 0 Å². The highest BCUT2D eigenvalue weighted by Crippen LogP contribution is 2.24. The Morgan fingerprint density at radius 3 is 2.88 bits per heavy atom. The molecule has 0 aliphatic carbocycles. The van der Waals surface area contributed by atoms with Crippen molar-refractivity contribution in [2.75, 3.05) is 26.2 Å². The second kappa shape index (κ2) is 6.41. The van der Waals surface area contributed by atoms with Gasteiger partial charge in [0.05, 0.1) is 17.5 Å². The second-order valence-electron chi connectivity index (χ2n) is 7.65. The smallest absolute Gasteiger partial charge is 0.255 e. The third-order valence-corrected chi connectivity index (χ3v) is 5.60. The average Bonchev–Trinajstić information content (AvgIpc) is 3.03. The Kier molecular flexibility index (Phi) is 4.23. The van der Waals surface area contributed by atoms with Crippen molar-refractivity contribution < 1.29 is 4.79 Å². The SMILES string of the molecule is Cc1nc2c(cnn2C(C)C)cc1C(=O)N1CCN2CCCCC2C1. The van der Waals surface area contributed by atoms with E-state index in [0.29, 0.717) is 6.04 Å². The zero-order valence-corrected chi connectivity index (χ0v) is 15.4. The van der Waals surface area contributed by atoms with Gasteiger partial charge in [0.15, 0.2) is 5.65 Å². The molecule has 2 saturated heterocycles. The summed E-state index contributed by atoms with van der Waals surface area (Å²) in [5, 5.41) is 5.37. The van der Waals surface area contributed by atoms with Gasteiger partial charge >= 0.3 is 0 Å². The minimum Gasteiger partial charge on any atom is -0.336 e. The lowest BCUT2D eigenvalue weighted by atomic mass is 9.99. The van der Waals surface area contributed by atoms with E-state index in [4.69, 9.17) is 4.98 Å². The lowest BCUT2D eigenvalue weighted by Gasteiger charge is -2.44. The van der Waals surface area contributed by atoms with Crippen LogP contribution in [-0.4, -0.2) is 62.7 Å². The summed E-state index contributed by atoms with van der Waals surface area (Å²) in [6, 6.07) is 2.76. The van der Waals surface area contributed by atoms with Crippen molar-refractivity contribution in [3.05, 3.63) is 23.5 Å². The quantitative estimate of drug-likeness (QED) is 0.843. The monoisotopic (exact) mass is 341 g/mol. The van der Waals surface area contributed by atoms with Crippen molar-refractivity contribution in [2.45, 2.75) is 52.1 Å². The van der Waals surface area contributed by atoms with E-state index in [1.165, 1.54) is 25.8 Å². The summed E-state index contributed by atoms with van der Waals surface area (Å²) in [5.74, 6) is 0.120.